The van der Waals surface area contributed by atoms with E-state index in [-0.39, 0.29) is 0 Å². The number of thiophene rings is 1. The van der Waals surface area contributed by atoms with Crippen molar-refractivity contribution in [3.8, 4) is 0 Å². The van der Waals surface area contributed by atoms with Crippen LogP contribution in [0.15, 0.2) is 10.3 Å². The number of alkyl halides is 1. The van der Waals surface area contributed by atoms with E-state index in [0.717, 1.165) is 16.2 Å². The lowest BCUT2D eigenvalue weighted by Crippen LogP contribution is -2.40. The maximum atomic E-state index is 12.5. The van der Waals surface area contributed by atoms with Gasteiger partial charge in [0.1, 0.15) is 4.21 Å². The van der Waals surface area contributed by atoms with Gasteiger partial charge in [-0.3, -0.25) is 0 Å². The van der Waals surface area contributed by atoms with Crippen LogP contribution >= 0.6 is 34.7 Å². The van der Waals surface area contributed by atoms with Gasteiger partial charge in [0.2, 0.25) is 0 Å². The van der Waals surface area contributed by atoms with Gasteiger partial charge in [-0.25, -0.2) is 8.42 Å². The molecule has 2 rings (SSSR count). The first kappa shape index (κ1) is 14.7. The van der Waals surface area contributed by atoms with Gasteiger partial charge in [-0.15, -0.1) is 22.9 Å². The monoisotopic (exact) mass is 325 g/mol. The first-order valence-electron chi connectivity index (χ1n) is 5.72. The normalized spacial score (nSPS) is 22.3. The molecule has 1 aliphatic heterocycles. The summed E-state index contributed by atoms with van der Waals surface area (Å²) in [6.07, 6.45) is 0. The van der Waals surface area contributed by atoms with Crippen molar-refractivity contribution in [1.82, 2.24) is 4.31 Å². The maximum Gasteiger partial charge on any atom is 0.252 e. The van der Waals surface area contributed by atoms with Crippen molar-refractivity contribution in [2.45, 2.75) is 29.2 Å². The second-order valence-corrected chi connectivity index (χ2v) is 9.46. The Kier molecular flexibility index (Phi) is 4.65. The number of hydrogen-bond donors (Lipinski definition) is 0. The van der Waals surface area contributed by atoms with Crippen LogP contribution in [-0.2, 0) is 15.9 Å². The molecule has 1 aromatic heterocycles. The molecule has 0 spiro atoms. The molecule has 0 bridgehead atoms. The Hall–Kier alpha value is 0.250. The van der Waals surface area contributed by atoms with Crippen molar-refractivity contribution in [2.75, 3.05) is 18.8 Å². The zero-order chi connectivity index (χ0) is 13.3. The Morgan fingerprint density at radius 1 is 1.56 bits per heavy atom. The van der Waals surface area contributed by atoms with Gasteiger partial charge in [-0.1, -0.05) is 6.92 Å². The van der Waals surface area contributed by atoms with E-state index in [9.17, 15) is 8.42 Å². The molecule has 1 aromatic rings. The second kappa shape index (κ2) is 5.71. The average molecular weight is 326 g/mol. The van der Waals surface area contributed by atoms with Crippen LogP contribution in [0.4, 0.5) is 0 Å². The fourth-order valence-corrected chi connectivity index (χ4v) is 6.60. The molecule has 102 valence electrons. The smallest absolute Gasteiger partial charge is 0.206 e. The molecular formula is C11H16ClNO2S3. The summed E-state index contributed by atoms with van der Waals surface area (Å²) in [6, 6.07) is 1.74. The van der Waals surface area contributed by atoms with Crippen LogP contribution in [0.1, 0.15) is 17.4 Å². The molecule has 7 heteroatoms. The van der Waals surface area contributed by atoms with Crippen molar-refractivity contribution in [3.05, 3.63) is 16.5 Å². The molecule has 2 heterocycles. The van der Waals surface area contributed by atoms with Crippen LogP contribution in [0, 0.1) is 6.92 Å². The fraction of sp³-hybridized carbons (Fsp3) is 0.636. The highest BCUT2D eigenvalue weighted by molar-refractivity contribution is 8.00. The molecule has 0 aliphatic carbocycles. The van der Waals surface area contributed by atoms with Crippen LogP contribution in [0.5, 0.6) is 0 Å². The van der Waals surface area contributed by atoms with E-state index < -0.39 is 10.0 Å². The zero-order valence-corrected chi connectivity index (χ0v) is 13.6. The molecule has 0 radical (unpaired) electrons. The largest absolute Gasteiger partial charge is 0.252 e. The predicted octanol–water partition coefficient (Wildman–Crippen LogP) is 2.92. The molecule has 0 saturated carbocycles. The number of aryl methyl sites for hydroxylation is 1. The van der Waals surface area contributed by atoms with Crippen molar-refractivity contribution in [2.24, 2.45) is 0 Å². The van der Waals surface area contributed by atoms with Gasteiger partial charge in [0.05, 0.1) is 5.88 Å². The minimum atomic E-state index is -3.33. The zero-order valence-electron chi connectivity index (χ0n) is 10.3. The van der Waals surface area contributed by atoms with E-state index in [0.29, 0.717) is 28.4 Å². The third-order valence-electron chi connectivity index (χ3n) is 2.92. The molecule has 18 heavy (non-hydrogen) atoms. The topological polar surface area (TPSA) is 37.4 Å². The second-order valence-electron chi connectivity index (χ2n) is 4.35. The van der Waals surface area contributed by atoms with Gasteiger partial charge in [0, 0.05) is 29.0 Å². The highest BCUT2D eigenvalue weighted by Gasteiger charge is 2.30. The molecule has 1 aliphatic rings. The van der Waals surface area contributed by atoms with Crippen LogP contribution in [0.3, 0.4) is 0 Å². The molecule has 0 N–H and O–H groups in total. The number of nitrogens with zero attached hydrogens (tertiary/aromatic N) is 1. The lowest BCUT2D eigenvalue weighted by atomic mass is 10.3. The molecule has 0 aromatic carbocycles. The minimum Gasteiger partial charge on any atom is -0.206 e. The van der Waals surface area contributed by atoms with Gasteiger partial charge in [0.25, 0.3) is 10.0 Å². The van der Waals surface area contributed by atoms with Crippen molar-refractivity contribution in [1.29, 1.82) is 0 Å². The minimum absolute atomic E-state index is 0.363. The van der Waals surface area contributed by atoms with E-state index in [1.165, 1.54) is 11.3 Å². The maximum absolute atomic E-state index is 12.5. The molecule has 0 amide bonds. The molecular weight excluding hydrogens is 310 g/mol. The summed E-state index contributed by atoms with van der Waals surface area (Å²) in [5, 5.41) is 0.363. The van der Waals surface area contributed by atoms with E-state index in [1.54, 1.807) is 10.4 Å². The standard InChI is InChI=1S/C11H16ClNO2S3/c1-8-5-11(17-10(8)6-12)18(14,15)13-3-4-16-9(2)7-13/h5,9H,3-4,6-7H2,1-2H3. The van der Waals surface area contributed by atoms with Crippen molar-refractivity contribution >= 4 is 44.7 Å². The number of rotatable bonds is 3. The Morgan fingerprint density at radius 3 is 2.83 bits per heavy atom. The molecule has 1 saturated heterocycles. The van der Waals surface area contributed by atoms with Crippen molar-refractivity contribution < 1.29 is 8.42 Å². The highest BCUT2D eigenvalue weighted by Crippen LogP contribution is 2.31. The van der Waals surface area contributed by atoms with E-state index in [2.05, 4.69) is 6.92 Å². The Balaban J connectivity index is 2.29. The Labute approximate surface area is 122 Å². The van der Waals surface area contributed by atoms with Crippen LogP contribution < -0.4 is 0 Å². The van der Waals surface area contributed by atoms with Crippen LogP contribution in [0.2, 0.25) is 0 Å². The van der Waals surface area contributed by atoms with Crippen molar-refractivity contribution in [3.63, 3.8) is 0 Å². The third kappa shape index (κ3) is 2.88. The summed E-state index contributed by atoms with van der Waals surface area (Å²) in [5.41, 5.74) is 0.966. The lowest BCUT2D eigenvalue weighted by molar-refractivity contribution is 0.425. The third-order valence-corrected chi connectivity index (χ3v) is 8.03. The number of sulfonamides is 1. The fourth-order valence-electron chi connectivity index (χ4n) is 1.88. The molecule has 1 fully saturated rings. The first-order chi connectivity index (χ1) is 8.45. The summed E-state index contributed by atoms with van der Waals surface area (Å²) in [6.45, 7) is 5.17. The van der Waals surface area contributed by atoms with Gasteiger partial charge < -0.3 is 0 Å². The highest BCUT2D eigenvalue weighted by atomic mass is 35.5. The molecule has 1 unspecified atom stereocenters. The van der Waals surface area contributed by atoms with Gasteiger partial charge >= 0.3 is 0 Å². The summed E-state index contributed by atoms with van der Waals surface area (Å²) in [7, 11) is -3.33. The SMILES string of the molecule is Cc1cc(S(=O)(=O)N2CCSC(C)C2)sc1CCl. The Morgan fingerprint density at radius 2 is 2.28 bits per heavy atom. The number of hydrogen-bond acceptors (Lipinski definition) is 4. The van der Waals surface area contributed by atoms with Gasteiger partial charge in [0.15, 0.2) is 0 Å². The summed E-state index contributed by atoms with van der Waals surface area (Å²) >= 11 is 8.92. The van der Waals surface area contributed by atoms with E-state index in [1.807, 2.05) is 18.7 Å². The van der Waals surface area contributed by atoms with Gasteiger partial charge in [-0.05, 0) is 18.6 Å². The summed E-state index contributed by atoms with van der Waals surface area (Å²) < 4.78 is 27.0. The Bertz CT molecular complexity index is 526. The van der Waals surface area contributed by atoms with Crippen LogP contribution in [0.25, 0.3) is 0 Å². The number of halogens is 1. The van der Waals surface area contributed by atoms with E-state index in [4.69, 9.17) is 11.6 Å². The number of thioether (sulfide) groups is 1. The lowest BCUT2D eigenvalue weighted by Gasteiger charge is -2.29. The van der Waals surface area contributed by atoms with Gasteiger partial charge in [-0.2, -0.15) is 16.1 Å². The summed E-state index contributed by atoms with van der Waals surface area (Å²) in [5.74, 6) is 1.24. The molecule has 3 nitrogen and oxygen atoms in total. The van der Waals surface area contributed by atoms with Crippen LogP contribution in [-0.4, -0.2) is 36.8 Å². The van der Waals surface area contributed by atoms with E-state index >= 15 is 0 Å². The summed E-state index contributed by atoms with van der Waals surface area (Å²) in [4.78, 5) is 0.940. The average Bonchev–Trinajstić information content (AvgIpc) is 2.71. The predicted molar refractivity (Wildman–Crippen MR) is 79.3 cm³/mol. The first-order valence-corrected chi connectivity index (χ1v) is 9.56. The quantitative estimate of drug-likeness (QED) is 0.802. The molecule has 1 atom stereocenters.